The summed E-state index contributed by atoms with van der Waals surface area (Å²) in [6, 6.07) is 7.57. The highest BCUT2D eigenvalue weighted by molar-refractivity contribution is 7.86. The van der Waals surface area contributed by atoms with Crippen molar-refractivity contribution in [1.29, 1.82) is 0 Å². The minimum absolute atomic E-state index is 0.0532. The molecule has 1 aromatic rings. The molecule has 0 saturated carbocycles. The minimum Gasteiger partial charge on any atom is -0.355 e. The van der Waals surface area contributed by atoms with Crippen molar-refractivity contribution in [2.75, 3.05) is 32.7 Å². The highest BCUT2D eigenvalue weighted by Crippen LogP contribution is 2.23. The van der Waals surface area contributed by atoms with Crippen molar-refractivity contribution in [2.24, 2.45) is 5.92 Å². The molecule has 2 fully saturated rings. The number of nitrogens with zero attached hydrogens (tertiary/aromatic N) is 2. The molecule has 0 spiro atoms. The third-order valence-electron chi connectivity index (χ3n) is 5.35. The van der Waals surface area contributed by atoms with Crippen molar-refractivity contribution >= 4 is 27.7 Å². The lowest BCUT2D eigenvalue weighted by Gasteiger charge is -2.36. The Labute approximate surface area is 167 Å². The molecule has 0 radical (unpaired) electrons. The first-order valence-electron chi connectivity index (χ1n) is 9.74. The Morgan fingerprint density at radius 2 is 1.70 bits per heavy atom. The number of piperidine rings is 2. The summed E-state index contributed by atoms with van der Waals surface area (Å²) in [4.78, 5) is 12.5. The van der Waals surface area contributed by atoms with Gasteiger partial charge in [-0.15, -0.1) is 0 Å². The number of carbonyl (C=O) groups excluding carboxylic acids is 1. The first kappa shape index (κ1) is 20.6. The predicted octanol–water partition coefficient (Wildman–Crippen LogP) is 2.44. The molecule has 0 bridgehead atoms. The Bertz CT molecular complexity index is 733. The molecule has 2 saturated heterocycles. The Hall–Kier alpha value is -1.15. The molecule has 150 valence electrons. The Kier molecular flexibility index (Phi) is 7.14. The Morgan fingerprint density at radius 3 is 2.41 bits per heavy atom. The molecule has 1 amide bonds. The smallest absolute Gasteiger partial charge is 0.281 e. The van der Waals surface area contributed by atoms with E-state index in [9.17, 15) is 13.2 Å². The molecule has 1 N–H and O–H groups in total. The highest BCUT2D eigenvalue weighted by atomic mass is 35.5. The van der Waals surface area contributed by atoms with E-state index >= 15 is 0 Å². The van der Waals surface area contributed by atoms with E-state index in [-0.39, 0.29) is 18.4 Å². The van der Waals surface area contributed by atoms with Crippen molar-refractivity contribution in [2.45, 2.75) is 38.5 Å². The zero-order valence-corrected chi connectivity index (χ0v) is 17.1. The van der Waals surface area contributed by atoms with Gasteiger partial charge >= 0.3 is 0 Å². The molecule has 2 heterocycles. The summed E-state index contributed by atoms with van der Waals surface area (Å²) in [5, 5.41) is 3.65. The van der Waals surface area contributed by atoms with Crippen LogP contribution in [0.5, 0.6) is 0 Å². The van der Waals surface area contributed by atoms with E-state index in [0.29, 0.717) is 31.2 Å². The number of hydrogen-bond acceptors (Lipinski definition) is 3. The molecule has 2 aliphatic heterocycles. The molecule has 0 unspecified atom stereocenters. The van der Waals surface area contributed by atoms with Gasteiger partial charge in [0.25, 0.3) is 10.2 Å². The predicted molar refractivity (Wildman–Crippen MR) is 107 cm³/mol. The van der Waals surface area contributed by atoms with Gasteiger partial charge < -0.3 is 5.32 Å². The van der Waals surface area contributed by atoms with Gasteiger partial charge in [-0.25, -0.2) is 0 Å². The summed E-state index contributed by atoms with van der Waals surface area (Å²) in [6.07, 6.45) is 5.11. The van der Waals surface area contributed by atoms with Crippen LogP contribution in [0.3, 0.4) is 0 Å². The van der Waals surface area contributed by atoms with Crippen LogP contribution in [0.2, 0.25) is 5.02 Å². The average Bonchev–Trinajstić information content (AvgIpc) is 2.70. The lowest BCUT2D eigenvalue weighted by Crippen LogP contribution is -2.51. The first-order valence-corrected chi connectivity index (χ1v) is 11.5. The Morgan fingerprint density at radius 1 is 1.04 bits per heavy atom. The van der Waals surface area contributed by atoms with Crippen LogP contribution in [0, 0.1) is 5.92 Å². The lowest BCUT2D eigenvalue weighted by molar-refractivity contribution is -0.126. The maximum Gasteiger partial charge on any atom is 0.281 e. The van der Waals surface area contributed by atoms with Crippen LogP contribution < -0.4 is 5.32 Å². The quantitative estimate of drug-likeness (QED) is 0.778. The summed E-state index contributed by atoms with van der Waals surface area (Å²) < 4.78 is 28.8. The molecular weight excluding hydrogens is 386 g/mol. The van der Waals surface area contributed by atoms with Crippen LogP contribution in [-0.4, -0.2) is 55.7 Å². The SMILES string of the molecule is O=C(NCCc1ccc(Cl)cc1)[C@@H]1CCCN(S(=O)(=O)N2CCCCC2)C1. The third kappa shape index (κ3) is 5.44. The second-order valence-corrected chi connectivity index (χ2v) is 9.70. The molecule has 2 aliphatic rings. The zero-order chi connectivity index (χ0) is 19.3. The van der Waals surface area contributed by atoms with Gasteiger partial charge in [-0.05, 0) is 49.8 Å². The Balaban J connectivity index is 1.50. The number of amides is 1. The van der Waals surface area contributed by atoms with Gasteiger partial charge in [0.05, 0.1) is 5.92 Å². The van der Waals surface area contributed by atoms with Gasteiger partial charge in [0.2, 0.25) is 5.91 Å². The first-order chi connectivity index (χ1) is 13.0. The van der Waals surface area contributed by atoms with Crippen LogP contribution in [0.1, 0.15) is 37.7 Å². The molecule has 8 heteroatoms. The fraction of sp³-hybridized carbons (Fsp3) is 0.632. The van der Waals surface area contributed by atoms with Gasteiger partial charge in [0.1, 0.15) is 0 Å². The van der Waals surface area contributed by atoms with Crippen LogP contribution in [0.25, 0.3) is 0 Å². The third-order valence-corrected chi connectivity index (χ3v) is 7.60. The minimum atomic E-state index is -3.44. The van der Waals surface area contributed by atoms with E-state index in [4.69, 9.17) is 11.6 Å². The van der Waals surface area contributed by atoms with Gasteiger partial charge in [-0.1, -0.05) is 30.2 Å². The molecule has 27 heavy (non-hydrogen) atoms. The van der Waals surface area contributed by atoms with E-state index in [1.54, 1.807) is 4.31 Å². The summed E-state index contributed by atoms with van der Waals surface area (Å²) >= 11 is 5.88. The van der Waals surface area contributed by atoms with Crippen LogP contribution in [0.4, 0.5) is 0 Å². The number of halogens is 1. The van der Waals surface area contributed by atoms with E-state index in [0.717, 1.165) is 44.1 Å². The van der Waals surface area contributed by atoms with Gasteiger partial charge in [0, 0.05) is 37.7 Å². The van der Waals surface area contributed by atoms with E-state index < -0.39 is 10.2 Å². The van der Waals surface area contributed by atoms with Crippen molar-refractivity contribution in [1.82, 2.24) is 13.9 Å². The second kappa shape index (κ2) is 9.37. The largest absolute Gasteiger partial charge is 0.355 e. The highest BCUT2D eigenvalue weighted by Gasteiger charge is 2.36. The van der Waals surface area contributed by atoms with E-state index in [2.05, 4.69) is 5.32 Å². The number of benzene rings is 1. The second-order valence-electron chi connectivity index (χ2n) is 7.33. The van der Waals surface area contributed by atoms with E-state index in [1.807, 2.05) is 24.3 Å². The molecule has 3 rings (SSSR count). The van der Waals surface area contributed by atoms with Crippen molar-refractivity contribution in [3.05, 3.63) is 34.9 Å². The molecule has 6 nitrogen and oxygen atoms in total. The van der Waals surface area contributed by atoms with E-state index in [1.165, 1.54) is 4.31 Å². The van der Waals surface area contributed by atoms with Gasteiger partial charge in [-0.3, -0.25) is 4.79 Å². The van der Waals surface area contributed by atoms with Crippen molar-refractivity contribution in [3.8, 4) is 0 Å². The fourth-order valence-corrected chi connectivity index (χ4v) is 5.65. The van der Waals surface area contributed by atoms with Crippen LogP contribution >= 0.6 is 11.6 Å². The standard InChI is InChI=1S/C19H28ClN3O3S/c20-18-8-6-16(7-9-18)10-11-21-19(24)17-5-4-14-23(15-17)27(25,26)22-12-2-1-3-13-22/h6-9,17H,1-5,10-15H2,(H,21,24)/t17-/m1/s1. The van der Waals surface area contributed by atoms with Gasteiger partial charge in [0.15, 0.2) is 0 Å². The lowest BCUT2D eigenvalue weighted by atomic mass is 9.99. The fourth-order valence-electron chi connectivity index (χ4n) is 3.75. The summed E-state index contributed by atoms with van der Waals surface area (Å²) in [7, 11) is -3.44. The summed E-state index contributed by atoms with van der Waals surface area (Å²) in [6.45, 7) is 2.52. The van der Waals surface area contributed by atoms with Crippen molar-refractivity contribution < 1.29 is 13.2 Å². The number of carbonyl (C=O) groups is 1. The topological polar surface area (TPSA) is 69.7 Å². The molecule has 0 aliphatic carbocycles. The monoisotopic (exact) mass is 413 g/mol. The molecule has 0 aromatic heterocycles. The number of hydrogen-bond donors (Lipinski definition) is 1. The maximum absolute atomic E-state index is 12.8. The normalized spacial score (nSPS) is 22.5. The number of rotatable bonds is 6. The van der Waals surface area contributed by atoms with Crippen molar-refractivity contribution in [3.63, 3.8) is 0 Å². The van der Waals surface area contributed by atoms with Crippen LogP contribution in [-0.2, 0) is 21.4 Å². The number of nitrogens with one attached hydrogen (secondary N) is 1. The van der Waals surface area contributed by atoms with Crippen LogP contribution in [0.15, 0.2) is 24.3 Å². The maximum atomic E-state index is 12.8. The van der Waals surface area contributed by atoms with Gasteiger partial charge in [-0.2, -0.15) is 17.0 Å². The summed E-state index contributed by atoms with van der Waals surface area (Å²) in [5.41, 5.74) is 1.11. The molecule has 1 atom stereocenters. The molecule has 1 aromatic carbocycles. The zero-order valence-electron chi connectivity index (χ0n) is 15.6. The average molecular weight is 414 g/mol. The summed E-state index contributed by atoms with van der Waals surface area (Å²) in [5.74, 6) is -0.328. The molecular formula is C19H28ClN3O3S.